The van der Waals surface area contributed by atoms with Crippen molar-refractivity contribution in [2.75, 3.05) is 19.2 Å². The molecule has 1 aliphatic heterocycles. The summed E-state index contributed by atoms with van der Waals surface area (Å²) in [6.45, 7) is 3.84. The lowest BCUT2D eigenvalue weighted by molar-refractivity contribution is -0.146. The number of nitrogens with one attached hydrogen (secondary N) is 2. The molecule has 1 amide bonds. The van der Waals surface area contributed by atoms with E-state index >= 15 is 0 Å². The summed E-state index contributed by atoms with van der Waals surface area (Å²) < 4.78 is 15.8. The van der Waals surface area contributed by atoms with Gasteiger partial charge in [0.05, 0.1) is 12.5 Å². The summed E-state index contributed by atoms with van der Waals surface area (Å²) in [5.41, 5.74) is 1.98. The SMILES string of the molecule is COC(=O)C(C)(C)c1cc2cc(NC(=O)C3(c4ccc5c(c4)OCO5)CC3)ccc2[nH]1. The van der Waals surface area contributed by atoms with Crippen LogP contribution < -0.4 is 14.8 Å². The van der Waals surface area contributed by atoms with Crippen molar-refractivity contribution in [2.24, 2.45) is 0 Å². The first-order chi connectivity index (χ1) is 14.8. The zero-order valence-electron chi connectivity index (χ0n) is 17.7. The van der Waals surface area contributed by atoms with Gasteiger partial charge in [-0.25, -0.2) is 0 Å². The van der Waals surface area contributed by atoms with Crippen LogP contribution in [0.3, 0.4) is 0 Å². The first kappa shape index (κ1) is 19.5. The smallest absolute Gasteiger partial charge is 0.317 e. The van der Waals surface area contributed by atoms with E-state index in [1.165, 1.54) is 7.11 Å². The topological polar surface area (TPSA) is 89.7 Å². The van der Waals surface area contributed by atoms with Crippen LogP contribution >= 0.6 is 0 Å². The van der Waals surface area contributed by atoms with Crippen LogP contribution in [0.25, 0.3) is 10.9 Å². The number of ether oxygens (including phenoxy) is 3. The van der Waals surface area contributed by atoms with Crippen LogP contribution in [0.5, 0.6) is 11.5 Å². The first-order valence-electron chi connectivity index (χ1n) is 10.3. The van der Waals surface area contributed by atoms with Crippen LogP contribution in [0.4, 0.5) is 5.69 Å². The third-order valence-corrected chi connectivity index (χ3v) is 6.36. The number of aromatic amines is 1. The summed E-state index contributed by atoms with van der Waals surface area (Å²) in [7, 11) is 1.38. The van der Waals surface area contributed by atoms with Crippen molar-refractivity contribution in [2.45, 2.75) is 37.5 Å². The average molecular weight is 420 g/mol. The number of amides is 1. The molecule has 31 heavy (non-hydrogen) atoms. The molecule has 0 radical (unpaired) electrons. The molecule has 7 nitrogen and oxygen atoms in total. The second kappa shape index (κ2) is 6.77. The number of benzene rings is 2. The second-order valence-corrected chi connectivity index (χ2v) is 8.71. The van der Waals surface area contributed by atoms with Gasteiger partial charge in [-0.3, -0.25) is 9.59 Å². The first-order valence-corrected chi connectivity index (χ1v) is 10.3. The fourth-order valence-corrected chi connectivity index (χ4v) is 4.13. The zero-order valence-corrected chi connectivity index (χ0v) is 17.7. The number of methoxy groups -OCH3 is 1. The van der Waals surface area contributed by atoms with E-state index < -0.39 is 10.8 Å². The number of fused-ring (bicyclic) bond motifs is 2. The molecule has 2 aliphatic rings. The maximum absolute atomic E-state index is 13.2. The van der Waals surface area contributed by atoms with Crippen LogP contribution in [0, 0.1) is 0 Å². The van der Waals surface area contributed by atoms with Crippen LogP contribution in [0.15, 0.2) is 42.5 Å². The highest BCUT2D eigenvalue weighted by Gasteiger charge is 2.51. The van der Waals surface area contributed by atoms with E-state index in [1.54, 1.807) is 0 Å². The van der Waals surface area contributed by atoms with E-state index in [0.717, 1.165) is 35.0 Å². The van der Waals surface area contributed by atoms with Crippen LogP contribution in [0.1, 0.15) is 37.9 Å². The van der Waals surface area contributed by atoms with E-state index in [0.29, 0.717) is 17.2 Å². The van der Waals surface area contributed by atoms with Crippen molar-refractivity contribution in [3.63, 3.8) is 0 Å². The Balaban J connectivity index is 1.39. The lowest BCUT2D eigenvalue weighted by atomic mass is 9.89. The van der Waals surface area contributed by atoms with Crippen LogP contribution in [-0.2, 0) is 25.2 Å². The normalized spacial score (nSPS) is 16.2. The third kappa shape index (κ3) is 3.12. The Kier molecular flexibility index (Phi) is 4.25. The lowest BCUT2D eigenvalue weighted by Gasteiger charge is -2.19. The van der Waals surface area contributed by atoms with E-state index in [1.807, 2.05) is 56.3 Å². The van der Waals surface area contributed by atoms with Crippen molar-refractivity contribution >= 4 is 28.5 Å². The van der Waals surface area contributed by atoms with Crippen molar-refractivity contribution in [1.29, 1.82) is 0 Å². The molecule has 1 aromatic heterocycles. The predicted molar refractivity (Wildman–Crippen MR) is 115 cm³/mol. The highest BCUT2D eigenvalue weighted by Crippen LogP contribution is 2.51. The Bertz CT molecular complexity index is 1210. The van der Waals surface area contributed by atoms with Gasteiger partial charge in [-0.05, 0) is 68.7 Å². The van der Waals surface area contributed by atoms with E-state index in [4.69, 9.17) is 14.2 Å². The molecule has 0 bridgehead atoms. The minimum Gasteiger partial charge on any atom is -0.468 e. The van der Waals surface area contributed by atoms with Gasteiger partial charge in [0.2, 0.25) is 12.7 Å². The largest absolute Gasteiger partial charge is 0.468 e. The molecule has 7 heteroatoms. The molecule has 0 saturated heterocycles. The Hall–Kier alpha value is -3.48. The van der Waals surface area contributed by atoms with Gasteiger partial charge in [0.25, 0.3) is 0 Å². The molecule has 2 aromatic carbocycles. The summed E-state index contributed by atoms with van der Waals surface area (Å²) in [4.78, 5) is 28.6. The van der Waals surface area contributed by atoms with Crippen LogP contribution in [0.2, 0.25) is 0 Å². The maximum atomic E-state index is 13.2. The Labute approximate surface area is 179 Å². The standard InChI is InChI=1S/C24H24N2O5/c1-23(2,22(28)29-3)20-11-14-10-16(5-6-17(14)26-20)25-21(27)24(8-9-24)15-4-7-18-19(12-15)31-13-30-18/h4-7,10-12,26H,8-9,13H2,1-3H3,(H,25,27). The van der Waals surface area contributed by atoms with E-state index in [2.05, 4.69) is 10.3 Å². The van der Waals surface area contributed by atoms with Gasteiger partial charge >= 0.3 is 5.97 Å². The highest BCUT2D eigenvalue weighted by molar-refractivity contribution is 6.02. The number of aromatic nitrogens is 1. The average Bonchev–Trinajstić information content (AvgIpc) is 3.25. The second-order valence-electron chi connectivity index (χ2n) is 8.71. The molecule has 1 aliphatic carbocycles. The number of hydrogen-bond acceptors (Lipinski definition) is 5. The fourth-order valence-electron chi connectivity index (χ4n) is 4.13. The lowest BCUT2D eigenvalue weighted by Crippen LogP contribution is -2.30. The van der Waals surface area contributed by atoms with Crippen molar-refractivity contribution in [3.05, 3.63) is 53.7 Å². The van der Waals surface area contributed by atoms with E-state index in [-0.39, 0.29) is 18.7 Å². The molecule has 0 unspecified atom stereocenters. The molecule has 5 rings (SSSR count). The monoisotopic (exact) mass is 420 g/mol. The molecular formula is C24H24N2O5. The number of H-pyrrole nitrogens is 1. The minimum absolute atomic E-state index is 0.0311. The predicted octanol–water partition coefficient (Wildman–Crippen LogP) is 4.02. The number of hydrogen-bond donors (Lipinski definition) is 2. The molecule has 3 aromatic rings. The molecule has 1 saturated carbocycles. The highest BCUT2D eigenvalue weighted by atomic mass is 16.7. The zero-order chi connectivity index (χ0) is 21.8. The maximum Gasteiger partial charge on any atom is 0.317 e. The number of carbonyl (C=O) groups excluding carboxylic acids is 2. The molecular weight excluding hydrogens is 396 g/mol. The summed E-state index contributed by atoms with van der Waals surface area (Å²) in [6, 6.07) is 13.3. The summed E-state index contributed by atoms with van der Waals surface area (Å²) in [5.74, 6) is 1.05. The number of esters is 1. The Morgan fingerprint density at radius 3 is 2.58 bits per heavy atom. The number of carbonyl (C=O) groups is 2. The van der Waals surface area contributed by atoms with Crippen molar-refractivity contribution in [3.8, 4) is 11.5 Å². The molecule has 2 heterocycles. The van der Waals surface area contributed by atoms with Gasteiger partial charge in [0.1, 0.15) is 5.41 Å². The Morgan fingerprint density at radius 1 is 1.06 bits per heavy atom. The van der Waals surface area contributed by atoms with Gasteiger partial charge in [-0.15, -0.1) is 0 Å². The van der Waals surface area contributed by atoms with Gasteiger partial charge in [0, 0.05) is 22.3 Å². The number of anilines is 1. The van der Waals surface area contributed by atoms with Crippen LogP contribution in [-0.4, -0.2) is 30.8 Å². The minimum atomic E-state index is -0.797. The molecule has 1 fully saturated rings. The summed E-state index contributed by atoms with van der Waals surface area (Å²) in [6.07, 6.45) is 1.59. The van der Waals surface area contributed by atoms with Gasteiger partial charge in [-0.2, -0.15) is 0 Å². The molecule has 0 spiro atoms. The van der Waals surface area contributed by atoms with Crippen molar-refractivity contribution < 1.29 is 23.8 Å². The summed E-state index contributed by atoms with van der Waals surface area (Å²) >= 11 is 0. The summed E-state index contributed by atoms with van der Waals surface area (Å²) in [5, 5.41) is 3.98. The molecule has 2 N–H and O–H groups in total. The van der Waals surface area contributed by atoms with Gasteiger partial charge in [0.15, 0.2) is 11.5 Å². The van der Waals surface area contributed by atoms with Gasteiger partial charge in [-0.1, -0.05) is 6.07 Å². The van der Waals surface area contributed by atoms with E-state index in [9.17, 15) is 9.59 Å². The molecule has 160 valence electrons. The van der Waals surface area contributed by atoms with Gasteiger partial charge < -0.3 is 24.5 Å². The van der Waals surface area contributed by atoms with Crippen molar-refractivity contribution in [1.82, 2.24) is 4.98 Å². The quantitative estimate of drug-likeness (QED) is 0.609. The number of rotatable bonds is 5. The fraction of sp³-hybridized carbons (Fsp3) is 0.333. The Morgan fingerprint density at radius 2 is 1.84 bits per heavy atom. The third-order valence-electron chi connectivity index (χ3n) is 6.36. The molecule has 0 atom stereocenters.